The summed E-state index contributed by atoms with van der Waals surface area (Å²) in [6.07, 6.45) is 4.83. The molecule has 3 aliphatic heterocycles. The summed E-state index contributed by atoms with van der Waals surface area (Å²) in [7, 11) is -2.93. The minimum absolute atomic E-state index is 0.111. The van der Waals surface area contributed by atoms with E-state index in [0.29, 0.717) is 36.8 Å². The molecule has 4 aliphatic rings. The first-order valence-corrected chi connectivity index (χ1v) is 11.2. The van der Waals surface area contributed by atoms with Crippen LogP contribution in [-0.2, 0) is 37.1 Å². The predicted molar refractivity (Wildman–Crippen MR) is 98.3 cm³/mol. The zero-order valence-electron chi connectivity index (χ0n) is 16.2. The van der Waals surface area contributed by atoms with Crippen LogP contribution in [0.3, 0.4) is 0 Å². The van der Waals surface area contributed by atoms with E-state index in [0.717, 1.165) is 12.8 Å². The second-order valence-electron chi connectivity index (χ2n) is 8.98. The smallest absolute Gasteiger partial charge is 0.259 e. The second kappa shape index (κ2) is 5.88. The Labute approximate surface area is 159 Å². The number of hydrogen-bond acceptors (Lipinski definition) is 5. The van der Waals surface area contributed by atoms with Crippen LogP contribution in [0.2, 0.25) is 0 Å². The quantitative estimate of drug-likeness (QED) is 0.756. The number of ether oxygens (including phenoxy) is 1. The number of nitrogens with zero attached hydrogens (tertiary/aromatic N) is 4. The fourth-order valence-corrected chi connectivity index (χ4v) is 5.49. The average molecular weight is 394 g/mol. The van der Waals surface area contributed by atoms with Crippen molar-refractivity contribution in [2.45, 2.75) is 57.7 Å². The maximum atomic E-state index is 13.2. The summed E-state index contributed by atoms with van der Waals surface area (Å²) >= 11 is 0. The fraction of sp³-hybridized carbons (Fsp3) is 0.722. The molecule has 1 saturated carbocycles. The first kappa shape index (κ1) is 18.6. The number of carbonyl (C=O) groups is 2. The molecule has 2 saturated heterocycles. The van der Waals surface area contributed by atoms with E-state index in [1.54, 1.807) is 25.5 Å². The van der Waals surface area contributed by atoms with Gasteiger partial charge in [-0.2, -0.15) is 9.46 Å². The zero-order chi connectivity index (χ0) is 19.6. The van der Waals surface area contributed by atoms with Gasteiger partial charge in [0.05, 0.1) is 57.7 Å². The Hall–Kier alpha value is -1.74. The third kappa shape index (κ3) is 3.00. The van der Waals surface area contributed by atoms with E-state index in [1.807, 2.05) is 4.90 Å². The maximum Gasteiger partial charge on any atom is 0.259 e. The van der Waals surface area contributed by atoms with Crippen molar-refractivity contribution in [2.75, 3.05) is 19.4 Å². The van der Waals surface area contributed by atoms with Crippen molar-refractivity contribution in [1.29, 1.82) is 0 Å². The number of amides is 2. The average Bonchev–Trinajstić information content (AvgIpc) is 3.25. The van der Waals surface area contributed by atoms with Crippen LogP contribution >= 0.6 is 0 Å². The molecule has 27 heavy (non-hydrogen) atoms. The summed E-state index contributed by atoms with van der Waals surface area (Å²) < 4.78 is 24.6. The largest absolute Gasteiger partial charge is 0.377 e. The van der Waals surface area contributed by atoms with Gasteiger partial charge in [0.2, 0.25) is 5.91 Å². The maximum absolute atomic E-state index is 13.2. The molecular weight excluding hydrogens is 368 g/mol. The Morgan fingerprint density at radius 1 is 1.33 bits per heavy atom. The third-order valence-corrected chi connectivity index (χ3v) is 7.38. The Morgan fingerprint density at radius 2 is 2.04 bits per heavy atom. The van der Waals surface area contributed by atoms with Crippen LogP contribution in [-0.4, -0.2) is 56.2 Å². The SMILES string of the molecule is CC(C)(C)C(=O)N=S(C)(=O)c1cnn2c1CN(C(=O)C13COC(C1)C3)CC2. The molecular formula is C18H26N4O4S. The molecule has 2 bridgehead atoms. The van der Waals surface area contributed by atoms with Crippen molar-refractivity contribution in [1.82, 2.24) is 14.7 Å². The Kier molecular flexibility index (Phi) is 4.05. The van der Waals surface area contributed by atoms with Gasteiger partial charge in [-0.05, 0) is 12.8 Å². The molecule has 1 unspecified atom stereocenters. The highest BCUT2D eigenvalue weighted by atomic mass is 32.2. The molecule has 0 N–H and O–H groups in total. The predicted octanol–water partition coefficient (Wildman–Crippen LogP) is 1.43. The fourth-order valence-electron chi connectivity index (χ4n) is 3.95. The number of hydrogen-bond donors (Lipinski definition) is 0. The molecule has 1 aromatic rings. The van der Waals surface area contributed by atoms with E-state index >= 15 is 0 Å². The summed E-state index contributed by atoms with van der Waals surface area (Å²) in [5.41, 5.74) is -0.359. The number of aromatic nitrogens is 2. The topological polar surface area (TPSA) is 93.9 Å². The third-order valence-electron chi connectivity index (χ3n) is 5.71. The van der Waals surface area contributed by atoms with E-state index in [-0.39, 0.29) is 17.4 Å². The van der Waals surface area contributed by atoms with Crippen LogP contribution in [0.4, 0.5) is 0 Å². The van der Waals surface area contributed by atoms with Crippen molar-refractivity contribution >= 4 is 21.5 Å². The Bertz CT molecular complexity index is 924. The molecule has 8 nitrogen and oxygen atoms in total. The van der Waals surface area contributed by atoms with Gasteiger partial charge in [0.15, 0.2) is 0 Å². The van der Waals surface area contributed by atoms with Gasteiger partial charge in [-0.3, -0.25) is 14.3 Å². The summed E-state index contributed by atoms with van der Waals surface area (Å²) in [4.78, 5) is 27.6. The lowest BCUT2D eigenvalue weighted by Crippen LogP contribution is -2.51. The molecule has 3 fully saturated rings. The lowest BCUT2D eigenvalue weighted by atomic mass is 9.69. The molecule has 148 valence electrons. The van der Waals surface area contributed by atoms with Crippen LogP contribution in [0.1, 0.15) is 39.3 Å². The minimum Gasteiger partial charge on any atom is -0.377 e. The minimum atomic E-state index is -2.93. The molecule has 0 aromatic carbocycles. The summed E-state index contributed by atoms with van der Waals surface area (Å²) in [5.74, 6) is -0.291. The van der Waals surface area contributed by atoms with Crippen LogP contribution < -0.4 is 0 Å². The first-order valence-electron chi connectivity index (χ1n) is 9.24. The normalized spacial score (nSPS) is 28.9. The molecule has 1 atom stereocenters. The van der Waals surface area contributed by atoms with Gasteiger partial charge < -0.3 is 9.64 Å². The summed E-state index contributed by atoms with van der Waals surface area (Å²) in [5, 5.41) is 4.31. The Balaban J connectivity index is 1.62. The number of carbonyl (C=O) groups excluding carboxylic acids is 2. The van der Waals surface area contributed by atoms with E-state index in [9.17, 15) is 13.8 Å². The van der Waals surface area contributed by atoms with Crippen molar-refractivity contribution in [2.24, 2.45) is 15.2 Å². The van der Waals surface area contributed by atoms with Gasteiger partial charge in [-0.25, -0.2) is 4.21 Å². The van der Waals surface area contributed by atoms with Crippen LogP contribution in [0.25, 0.3) is 0 Å². The van der Waals surface area contributed by atoms with Crippen LogP contribution in [0.5, 0.6) is 0 Å². The van der Waals surface area contributed by atoms with E-state index in [2.05, 4.69) is 9.46 Å². The monoisotopic (exact) mass is 394 g/mol. The van der Waals surface area contributed by atoms with Gasteiger partial charge in [0.25, 0.3) is 5.91 Å². The van der Waals surface area contributed by atoms with Crippen molar-refractivity contribution in [3.05, 3.63) is 11.9 Å². The first-order chi connectivity index (χ1) is 12.5. The summed E-state index contributed by atoms with van der Waals surface area (Å²) in [6.45, 7) is 7.20. The molecule has 2 amide bonds. The van der Waals surface area contributed by atoms with Crippen LogP contribution in [0, 0.1) is 10.8 Å². The van der Waals surface area contributed by atoms with E-state index < -0.39 is 21.1 Å². The van der Waals surface area contributed by atoms with Gasteiger partial charge in [-0.1, -0.05) is 20.8 Å². The number of fused-ring (bicyclic) bond motifs is 2. The standard InChI is InChI=1S/C18H26N4O4S/c1-17(2,3)15(23)20-27(4,25)14-9-19-22-6-5-21(10-13(14)22)16(24)18-7-12(8-18)26-11-18/h9,12H,5-8,10-11H2,1-4H3. The molecule has 9 heteroatoms. The van der Waals surface area contributed by atoms with Gasteiger partial charge in [0.1, 0.15) is 0 Å². The highest BCUT2D eigenvalue weighted by Gasteiger charge is 2.58. The van der Waals surface area contributed by atoms with Gasteiger partial charge >= 0.3 is 0 Å². The lowest BCUT2D eigenvalue weighted by molar-refractivity contribution is -0.146. The van der Waals surface area contributed by atoms with Gasteiger partial charge in [0, 0.05) is 18.2 Å². The highest BCUT2D eigenvalue weighted by Crippen LogP contribution is 2.51. The molecule has 1 aromatic heterocycles. The Morgan fingerprint density at radius 3 is 2.63 bits per heavy atom. The number of rotatable bonds is 2. The van der Waals surface area contributed by atoms with Crippen molar-refractivity contribution in [3.63, 3.8) is 0 Å². The van der Waals surface area contributed by atoms with Crippen LogP contribution in [0.15, 0.2) is 15.5 Å². The lowest BCUT2D eigenvalue weighted by Gasteiger charge is -2.39. The van der Waals surface area contributed by atoms with Crippen molar-refractivity contribution < 1.29 is 18.5 Å². The molecule has 0 spiro atoms. The van der Waals surface area contributed by atoms with Crippen molar-refractivity contribution in [3.8, 4) is 0 Å². The highest BCUT2D eigenvalue weighted by molar-refractivity contribution is 7.93. The summed E-state index contributed by atoms with van der Waals surface area (Å²) in [6, 6.07) is 0. The zero-order valence-corrected chi connectivity index (χ0v) is 17.0. The molecule has 0 radical (unpaired) electrons. The van der Waals surface area contributed by atoms with Gasteiger partial charge in [-0.15, -0.1) is 0 Å². The van der Waals surface area contributed by atoms with E-state index in [4.69, 9.17) is 4.74 Å². The molecule has 1 aliphatic carbocycles. The second-order valence-corrected chi connectivity index (χ2v) is 11.2. The molecule has 4 heterocycles. The van der Waals surface area contributed by atoms with E-state index in [1.165, 1.54) is 12.5 Å². The molecule has 5 rings (SSSR count).